The van der Waals surface area contributed by atoms with Crippen molar-refractivity contribution in [2.45, 2.75) is 6.36 Å². The van der Waals surface area contributed by atoms with Crippen LogP contribution in [0.1, 0.15) is 10.6 Å². The zero-order valence-electron chi connectivity index (χ0n) is 9.40. The van der Waals surface area contributed by atoms with Crippen LogP contribution in [-0.2, 0) is 0 Å². The summed E-state index contributed by atoms with van der Waals surface area (Å²) in [6, 6.07) is 8.06. The molecule has 2 aromatic rings. The van der Waals surface area contributed by atoms with Crippen LogP contribution < -0.4 is 10.5 Å². The van der Waals surface area contributed by atoms with Crippen LogP contribution in [0, 0.1) is 0 Å². The Labute approximate surface area is 105 Å². The Bertz CT molecular complexity index is 604. The van der Waals surface area contributed by atoms with Gasteiger partial charge in [-0.3, -0.25) is 4.79 Å². The topological polar surface area (TPSA) is 65.5 Å². The summed E-state index contributed by atoms with van der Waals surface area (Å²) in [6.45, 7) is 0. The molecule has 4 nitrogen and oxygen atoms in total. The third-order valence-electron chi connectivity index (χ3n) is 2.23. The van der Waals surface area contributed by atoms with Crippen molar-refractivity contribution in [3.63, 3.8) is 0 Å². The van der Waals surface area contributed by atoms with Gasteiger partial charge in [0.15, 0.2) is 5.76 Å². The number of alkyl halides is 3. The first-order valence-electron chi connectivity index (χ1n) is 5.11. The van der Waals surface area contributed by atoms with E-state index in [4.69, 9.17) is 10.2 Å². The first kappa shape index (κ1) is 13.0. The van der Waals surface area contributed by atoms with Gasteiger partial charge in [0, 0.05) is 0 Å². The lowest BCUT2D eigenvalue weighted by Gasteiger charge is -2.11. The molecule has 0 aliphatic rings. The molecule has 0 atom stereocenters. The largest absolute Gasteiger partial charge is 0.573 e. The third kappa shape index (κ3) is 3.06. The van der Waals surface area contributed by atoms with Crippen LogP contribution in [0.4, 0.5) is 13.2 Å². The number of benzene rings is 1. The quantitative estimate of drug-likeness (QED) is 0.933. The molecule has 19 heavy (non-hydrogen) atoms. The second kappa shape index (κ2) is 4.68. The predicted octanol–water partition coefficient (Wildman–Crippen LogP) is 2.94. The number of hydrogen-bond donors (Lipinski definition) is 1. The van der Waals surface area contributed by atoms with Gasteiger partial charge >= 0.3 is 6.36 Å². The second-order valence-electron chi connectivity index (χ2n) is 3.57. The van der Waals surface area contributed by atoms with Crippen LogP contribution in [0.3, 0.4) is 0 Å². The van der Waals surface area contributed by atoms with Crippen molar-refractivity contribution in [2.75, 3.05) is 0 Å². The lowest BCUT2D eigenvalue weighted by Crippen LogP contribution is -2.17. The summed E-state index contributed by atoms with van der Waals surface area (Å²) < 4.78 is 45.7. The van der Waals surface area contributed by atoms with Gasteiger partial charge in [-0.05, 0) is 24.3 Å². The Kier molecular flexibility index (Phi) is 3.20. The zero-order valence-corrected chi connectivity index (χ0v) is 9.40. The fourth-order valence-corrected chi connectivity index (χ4v) is 1.50. The van der Waals surface area contributed by atoms with Gasteiger partial charge in [0.25, 0.3) is 5.91 Å². The zero-order chi connectivity index (χ0) is 14.0. The second-order valence-corrected chi connectivity index (χ2v) is 3.57. The van der Waals surface area contributed by atoms with Gasteiger partial charge in [-0.2, -0.15) is 0 Å². The molecule has 7 heteroatoms. The number of halogens is 3. The molecule has 1 amide bonds. The number of para-hydroxylation sites is 1. The maximum Gasteiger partial charge on any atom is 0.573 e. The molecule has 0 aliphatic heterocycles. The fraction of sp³-hybridized carbons (Fsp3) is 0.0833. The van der Waals surface area contributed by atoms with Crippen LogP contribution in [-0.4, -0.2) is 12.3 Å². The third-order valence-corrected chi connectivity index (χ3v) is 2.23. The Morgan fingerprint density at radius 2 is 1.84 bits per heavy atom. The molecule has 100 valence electrons. The van der Waals surface area contributed by atoms with Crippen LogP contribution in [0.15, 0.2) is 40.8 Å². The molecule has 0 saturated carbocycles. The van der Waals surface area contributed by atoms with E-state index in [0.29, 0.717) is 0 Å². The molecule has 0 fully saturated rings. The van der Waals surface area contributed by atoms with E-state index in [1.54, 1.807) is 0 Å². The van der Waals surface area contributed by atoms with E-state index in [0.717, 1.165) is 6.07 Å². The van der Waals surface area contributed by atoms with Crippen molar-refractivity contribution in [1.82, 2.24) is 0 Å². The minimum atomic E-state index is -4.81. The van der Waals surface area contributed by atoms with Gasteiger partial charge in [-0.15, -0.1) is 13.2 Å². The van der Waals surface area contributed by atoms with Crippen molar-refractivity contribution in [3.8, 4) is 17.1 Å². The Balaban J connectivity index is 2.41. The van der Waals surface area contributed by atoms with Crippen molar-refractivity contribution < 1.29 is 27.1 Å². The normalized spacial score (nSPS) is 11.3. The van der Waals surface area contributed by atoms with E-state index >= 15 is 0 Å². The van der Waals surface area contributed by atoms with E-state index in [-0.39, 0.29) is 17.1 Å². The van der Waals surface area contributed by atoms with Crippen molar-refractivity contribution in [2.24, 2.45) is 5.73 Å². The molecule has 0 bridgehead atoms. The Morgan fingerprint density at radius 3 is 2.42 bits per heavy atom. The molecule has 2 rings (SSSR count). The molecule has 0 radical (unpaired) electrons. The molecular weight excluding hydrogens is 263 g/mol. The highest BCUT2D eigenvalue weighted by Crippen LogP contribution is 2.34. The SMILES string of the molecule is NC(=O)c1ccc(-c2ccccc2OC(F)(F)F)o1. The van der Waals surface area contributed by atoms with E-state index in [2.05, 4.69) is 4.74 Å². The average Bonchev–Trinajstić information content (AvgIpc) is 2.76. The van der Waals surface area contributed by atoms with Crippen LogP contribution in [0.25, 0.3) is 11.3 Å². The van der Waals surface area contributed by atoms with Crippen molar-refractivity contribution in [1.29, 1.82) is 0 Å². The predicted molar refractivity (Wildman–Crippen MR) is 59.3 cm³/mol. The standard InChI is InChI=1S/C12H8F3NO3/c13-12(14,15)19-9-4-2-1-3-7(9)8-5-6-10(18-8)11(16)17/h1-6H,(H2,16,17). The number of rotatable bonds is 3. The van der Waals surface area contributed by atoms with Gasteiger partial charge in [-0.1, -0.05) is 12.1 Å². The summed E-state index contributed by atoms with van der Waals surface area (Å²) in [7, 11) is 0. The minimum absolute atomic E-state index is 0.0636. The van der Waals surface area contributed by atoms with Gasteiger partial charge in [0.2, 0.25) is 0 Å². The van der Waals surface area contributed by atoms with E-state index < -0.39 is 18.0 Å². The van der Waals surface area contributed by atoms with Crippen molar-refractivity contribution in [3.05, 3.63) is 42.2 Å². The maximum absolute atomic E-state index is 12.2. The van der Waals surface area contributed by atoms with Crippen LogP contribution in [0.5, 0.6) is 5.75 Å². The summed E-state index contributed by atoms with van der Waals surface area (Å²) in [5.74, 6) is -1.30. The molecule has 1 aromatic heterocycles. The number of hydrogen-bond acceptors (Lipinski definition) is 3. The number of furan rings is 1. The number of nitrogens with two attached hydrogens (primary N) is 1. The number of carbonyl (C=O) groups excluding carboxylic acids is 1. The molecule has 1 heterocycles. The molecule has 0 aliphatic carbocycles. The number of ether oxygens (including phenoxy) is 1. The first-order chi connectivity index (χ1) is 8.87. The highest BCUT2D eigenvalue weighted by Gasteiger charge is 2.32. The molecule has 1 aromatic carbocycles. The van der Waals surface area contributed by atoms with Crippen LogP contribution in [0.2, 0.25) is 0 Å². The van der Waals surface area contributed by atoms with E-state index in [9.17, 15) is 18.0 Å². The lowest BCUT2D eigenvalue weighted by molar-refractivity contribution is -0.274. The molecule has 0 spiro atoms. The molecular formula is C12H8F3NO3. The highest BCUT2D eigenvalue weighted by atomic mass is 19.4. The average molecular weight is 271 g/mol. The maximum atomic E-state index is 12.2. The highest BCUT2D eigenvalue weighted by molar-refractivity contribution is 5.90. The number of carbonyl (C=O) groups is 1. The van der Waals surface area contributed by atoms with Gasteiger partial charge in [0.05, 0.1) is 5.56 Å². The molecule has 0 unspecified atom stereocenters. The van der Waals surface area contributed by atoms with Gasteiger partial charge in [0.1, 0.15) is 11.5 Å². The van der Waals surface area contributed by atoms with E-state index in [1.807, 2.05) is 0 Å². The minimum Gasteiger partial charge on any atom is -0.451 e. The summed E-state index contributed by atoms with van der Waals surface area (Å²) >= 11 is 0. The van der Waals surface area contributed by atoms with E-state index in [1.165, 1.54) is 30.3 Å². The Hall–Kier alpha value is -2.44. The monoisotopic (exact) mass is 271 g/mol. The summed E-state index contributed by atoms with van der Waals surface area (Å²) in [6.07, 6.45) is -4.81. The number of primary amides is 1. The molecule has 0 saturated heterocycles. The lowest BCUT2D eigenvalue weighted by atomic mass is 10.1. The fourth-order valence-electron chi connectivity index (χ4n) is 1.50. The summed E-state index contributed by atoms with van der Waals surface area (Å²) in [5.41, 5.74) is 5.08. The van der Waals surface area contributed by atoms with Gasteiger partial charge in [-0.25, -0.2) is 0 Å². The summed E-state index contributed by atoms with van der Waals surface area (Å²) in [5, 5.41) is 0. The number of amides is 1. The Morgan fingerprint density at radius 1 is 1.16 bits per heavy atom. The van der Waals surface area contributed by atoms with Crippen molar-refractivity contribution >= 4 is 5.91 Å². The van der Waals surface area contributed by atoms with Gasteiger partial charge < -0.3 is 14.9 Å². The summed E-state index contributed by atoms with van der Waals surface area (Å²) in [4.78, 5) is 10.9. The first-order valence-corrected chi connectivity index (χ1v) is 5.11. The smallest absolute Gasteiger partial charge is 0.451 e. The van der Waals surface area contributed by atoms with Crippen LogP contribution >= 0.6 is 0 Å². The molecule has 2 N–H and O–H groups in total.